The fourth-order valence-electron chi connectivity index (χ4n) is 1.31. The average molecular weight is 347 g/mol. The first-order chi connectivity index (χ1) is 7.90. The van der Waals surface area contributed by atoms with Gasteiger partial charge in [0.2, 0.25) is 0 Å². The van der Waals surface area contributed by atoms with Crippen LogP contribution in [0.4, 0.5) is 5.69 Å². The topological polar surface area (TPSA) is 55.4 Å². The molecule has 1 aromatic rings. The van der Waals surface area contributed by atoms with E-state index in [0.717, 1.165) is 3.57 Å². The highest BCUT2D eigenvalue weighted by Gasteiger charge is 2.39. The molecule has 0 aliphatic carbocycles. The van der Waals surface area contributed by atoms with Gasteiger partial charge in [0, 0.05) is 9.26 Å². The maximum atomic E-state index is 11.6. The van der Waals surface area contributed by atoms with Crippen LogP contribution in [0.1, 0.15) is 13.8 Å². The third-order valence-electron chi connectivity index (χ3n) is 2.54. The van der Waals surface area contributed by atoms with Crippen molar-refractivity contribution in [1.82, 2.24) is 0 Å². The Morgan fingerprint density at radius 2 is 1.82 bits per heavy atom. The van der Waals surface area contributed by atoms with Crippen LogP contribution in [0.5, 0.6) is 0 Å². The van der Waals surface area contributed by atoms with Gasteiger partial charge in [-0.1, -0.05) is 0 Å². The minimum absolute atomic E-state index is 0.289. The fourth-order valence-corrected chi connectivity index (χ4v) is 1.67. The summed E-state index contributed by atoms with van der Waals surface area (Å²) in [6.07, 6.45) is 0. The summed E-state index contributed by atoms with van der Waals surface area (Å²) < 4.78 is 5.73. The normalized spacial score (nSPS) is 13.6. The lowest BCUT2D eigenvalue weighted by Crippen LogP contribution is -2.50. The summed E-state index contributed by atoms with van der Waals surface area (Å²) in [5, 5.41) is 2.91. The largest absolute Gasteiger partial charge is 0.467 e. The molecule has 0 bridgehead atoms. The third-order valence-corrected chi connectivity index (χ3v) is 3.26. The molecule has 0 spiro atoms. The lowest BCUT2D eigenvalue weighted by Gasteiger charge is -2.26. The van der Waals surface area contributed by atoms with Gasteiger partial charge in [-0.2, -0.15) is 0 Å². The lowest BCUT2D eigenvalue weighted by atomic mass is 9.97. The molecule has 1 aromatic carbocycles. The van der Waals surface area contributed by atoms with Crippen molar-refractivity contribution in [2.45, 2.75) is 19.4 Å². The van der Waals surface area contributed by atoms with E-state index in [4.69, 9.17) is 0 Å². The van der Waals surface area contributed by atoms with Crippen molar-refractivity contribution in [3.63, 3.8) is 0 Å². The van der Waals surface area contributed by atoms with Crippen molar-refractivity contribution < 1.29 is 14.3 Å². The summed E-state index contributed by atoms with van der Waals surface area (Å²) in [4.78, 5) is 23.2. The minimum atomic E-state index is -1.35. The number of ether oxygens (including phenoxy) is 1. The molecular formula is C12H14INO3. The number of hydrogen-bond donors (Lipinski definition) is 1. The summed E-state index contributed by atoms with van der Waals surface area (Å²) in [5.74, 6) is -0.883. The predicted octanol–water partition coefficient (Wildman–Crippen LogP) is 2.22. The van der Waals surface area contributed by atoms with Crippen LogP contribution < -0.4 is 5.32 Å². The number of benzene rings is 1. The van der Waals surface area contributed by atoms with E-state index in [1.807, 2.05) is 24.3 Å². The van der Waals surface area contributed by atoms with Gasteiger partial charge in [0.25, 0.3) is 0 Å². The Labute approximate surface area is 114 Å². The van der Waals surface area contributed by atoms with E-state index in [9.17, 15) is 9.59 Å². The molecule has 0 fully saturated rings. The van der Waals surface area contributed by atoms with Gasteiger partial charge in [0.1, 0.15) is 0 Å². The van der Waals surface area contributed by atoms with Crippen LogP contribution in [0, 0.1) is 3.57 Å². The van der Waals surface area contributed by atoms with Crippen molar-refractivity contribution in [3.05, 3.63) is 27.8 Å². The second kappa shape index (κ2) is 5.48. The first-order valence-electron chi connectivity index (χ1n) is 5.03. The van der Waals surface area contributed by atoms with E-state index in [-0.39, 0.29) is 5.78 Å². The summed E-state index contributed by atoms with van der Waals surface area (Å²) in [5.41, 5.74) is -0.643. The second-order valence-electron chi connectivity index (χ2n) is 3.80. The van der Waals surface area contributed by atoms with E-state index < -0.39 is 11.5 Å². The number of nitrogens with one attached hydrogen (secondary N) is 1. The van der Waals surface area contributed by atoms with Gasteiger partial charge in [-0.3, -0.25) is 4.79 Å². The van der Waals surface area contributed by atoms with Crippen LogP contribution in [-0.2, 0) is 14.3 Å². The Morgan fingerprint density at radius 3 is 2.24 bits per heavy atom. The van der Waals surface area contributed by atoms with E-state index in [1.54, 1.807) is 0 Å². The molecule has 0 radical (unpaired) electrons. The van der Waals surface area contributed by atoms with Gasteiger partial charge in [-0.05, 0) is 60.7 Å². The zero-order valence-corrected chi connectivity index (χ0v) is 12.1. The van der Waals surface area contributed by atoms with Crippen LogP contribution >= 0.6 is 22.6 Å². The molecule has 1 N–H and O–H groups in total. The van der Waals surface area contributed by atoms with Crippen LogP contribution in [0.15, 0.2) is 24.3 Å². The van der Waals surface area contributed by atoms with E-state index in [2.05, 4.69) is 32.6 Å². The monoisotopic (exact) mass is 347 g/mol. The van der Waals surface area contributed by atoms with Crippen molar-refractivity contribution in [2.75, 3.05) is 12.4 Å². The van der Waals surface area contributed by atoms with Crippen molar-refractivity contribution in [1.29, 1.82) is 0 Å². The molecule has 92 valence electrons. The average Bonchev–Trinajstić information content (AvgIpc) is 2.30. The molecule has 0 aromatic heterocycles. The summed E-state index contributed by atoms with van der Waals surface area (Å²) in [6.45, 7) is 2.87. The van der Waals surface area contributed by atoms with Gasteiger partial charge in [0.05, 0.1) is 7.11 Å². The smallest absolute Gasteiger partial charge is 0.339 e. The molecule has 0 aliphatic rings. The molecular weight excluding hydrogens is 333 g/mol. The maximum Gasteiger partial charge on any atom is 0.339 e. The first kappa shape index (κ1) is 14.0. The van der Waals surface area contributed by atoms with Crippen LogP contribution in [0.25, 0.3) is 0 Å². The van der Waals surface area contributed by atoms with E-state index in [0.29, 0.717) is 5.69 Å². The van der Waals surface area contributed by atoms with Crippen LogP contribution in [-0.4, -0.2) is 24.4 Å². The molecule has 1 unspecified atom stereocenters. The first-order valence-corrected chi connectivity index (χ1v) is 6.11. The highest BCUT2D eigenvalue weighted by atomic mass is 127. The standard InChI is InChI=1S/C12H14INO3/c1-8(15)12(2,11(16)17-3)14-10-6-4-9(13)5-7-10/h4-7,14H,1-3H3. The molecule has 4 nitrogen and oxygen atoms in total. The molecule has 1 rings (SSSR count). The number of halogens is 1. The van der Waals surface area contributed by atoms with E-state index in [1.165, 1.54) is 21.0 Å². The molecule has 5 heteroatoms. The minimum Gasteiger partial charge on any atom is -0.467 e. The lowest BCUT2D eigenvalue weighted by molar-refractivity contribution is -0.148. The number of carbonyl (C=O) groups excluding carboxylic acids is 2. The van der Waals surface area contributed by atoms with Gasteiger partial charge in [0.15, 0.2) is 11.3 Å². The zero-order valence-electron chi connectivity index (χ0n) is 9.91. The number of carbonyl (C=O) groups is 2. The van der Waals surface area contributed by atoms with Crippen LogP contribution in [0.2, 0.25) is 0 Å². The summed E-state index contributed by atoms with van der Waals surface area (Å²) in [7, 11) is 1.26. The molecule has 1 atom stereocenters. The Kier molecular flexibility index (Phi) is 4.50. The SMILES string of the molecule is COC(=O)C(C)(Nc1ccc(I)cc1)C(C)=O. The fraction of sp³-hybridized carbons (Fsp3) is 0.333. The Balaban J connectivity index is 2.99. The Bertz CT molecular complexity index is 430. The second-order valence-corrected chi connectivity index (χ2v) is 5.05. The number of rotatable bonds is 4. The zero-order chi connectivity index (χ0) is 13.1. The molecule has 17 heavy (non-hydrogen) atoms. The number of methoxy groups -OCH3 is 1. The molecule has 0 amide bonds. The number of esters is 1. The van der Waals surface area contributed by atoms with Gasteiger partial charge in [-0.15, -0.1) is 0 Å². The van der Waals surface area contributed by atoms with Crippen molar-refractivity contribution >= 4 is 40.0 Å². The van der Waals surface area contributed by atoms with Gasteiger partial charge in [-0.25, -0.2) is 4.79 Å². The Morgan fingerprint density at radius 1 is 1.29 bits per heavy atom. The highest BCUT2D eigenvalue weighted by Crippen LogP contribution is 2.19. The Hall–Kier alpha value is -1.11. The maximum absolute atomic E-state index is 11.6. The molecule has 0 heterocycles. The number of Topliss-reactive ketones (excluding diaryl/α,β-unsaturated/α-hetero) is 1. The van der Waals surface area contributed by atoms with Crippen molar-refractivity contribution in [2.24, 2.45) is 0 Å². The molecule has 0 saturated carbocycles. The predicted molar refractivity (Wildman–Crippen MR) is 73.9 cm³/mol. The number of hydrogen-bond acceptors (Lipinski definition) is 4. The molecule has 0 saturated heterocycles. The molecule has 0 aliphatic heterocycles. The summed E-state index contributed by atoms with van der Waals surface area (Å²) in [6, 6.07) is 7.40. The van der Waals surface area contributed by atoms with Crippen molar-refractivity contribution in [3.8, 4) is 0 Å². The number of ketones is 1. The van der Waals surface area contributed by atoms with Gasteiger partial charge >= 0.3 is 5.97 Å². The quantitative estimate of drug-likeness (QED) is 0.516. The van der Waals surface area contributed by atoms with Gasteiger partial charge < -0.3 is 10.1 Å². The van der Waals surface area contributed by atoms with Crippen LogP contribution in [0.3, 0.4) is 0 Å². The number of anilines is 1. The third kappa shape index (κ3) is 3.18. The highest BCUT2D eigenvalue weighted by molar-refractivity contribution is 14.1. The summed E-state index contributed by atoms with van der Waals surface area (Å²) >= 11 is 2.18. The van der Waals surface area contributed by atoms with E-state index >= 15 is 0 Å².